The van der Waals surface area contributed by atoms with Gasteiger partial charge in [0, 0.05) is 51.6 Å². The zero-order valence-electron chi connectivity index (χ0n) is 14.0. The smallest absolute Gasteiger partial charge is 0.191 e. The van der Waals surface area contributed by atoms with E-state index in [1.165, 1.54) is 5.56 Å². The monoisotopic (exact) mass is 292 g/mol. The van der Waals surface area contributed by atoms with Crippen LogP contribution in [0.2, 0.25) is 0 Å². The minimum absolute atomic E-state index is 0.0665. The van der Waals surface area contributed by atoms with Gasteiger partial charge >= 0.3 is 0 Å². The molecule has 1 heterocycles. The molecule has 0 spiro atoms. The molecule has 1 aromatic heterocycles. The molecule has 2 atom stereocenters. The van der Waals surface area contributed by atoms with E-state index in [0.717, 1.165) is 18.9 Å². The molecule has 1 saturated carbocycles. The molecular formula is C16H28N4O. The van der Waals surface area contributed by atoms with Crippen LogP contribution in [0, 0.1) is 5.41 Å². The number of ether oxygens (including phenoxy) is 1. The van der Waals surface area contributed by atoms with E-state index in [-0.39, 0.29) is 11.0 Å². The molecule has 1 aliphatic rings. The van der Waals surface area contributed by atoms with Gasteiger partial charge in [-0.05, 0) is 25.0 Å². The molecule has 0 aromatic carbocycles. The van der Waals surface area contributed by atoms with Crippen molar-refractivity contribution in [3.05, 3.63) is 24.0 Å². The predicted molar refractivity (Wildman–Crippen MR) is 86.3 cm³/mol. The molecule has 0 amide bonds. The number of aryl methyl sites for hydroxylation is 1. The van der Waals surface area contributed by atoms with Crippen molar-refractivity contribution in [1.29, 1.82) is 0 Å². The van der Waals surface area contributed by atoms with Crippen molar-refractivity contribution in [3.63, 3.8) is 0 Å². The van der Waals surface area contributed by atoms with Crippen molar-refractivity contribution < 1.29 is 4.74 Å². The second-order valence-electron chi connectivity index (χ2n) is 6.67. The molecule has 2 N–H and O–H groups in total. The van der Waals surface area contributed by atoms with Crippen molar-refractivity contribution in [3.8, 4) is 0 Å². The van der Waals surface area contributed by atoms with Crippen molar-refractivity contribution in [2.24, 2.45) is 17.5 Å². The Morgan fingerprint density at radius 3 is 2.67 bits per heavy atom. The molecule has 118 valence electrons. The molecule has 5 nitrogen and oxygen atoms in total. The summed E-state index contributed by atoms with van der Waals surface area (Å²) in [5, 5.41) is 6.88. The maximum Gasteiger partial charge on any atom is 0.191 e. The van der Waals surface area contributed by atoms with Crippen molar-refractivity contribution in [2.75, 3.05) is 14.2 Å². The Morgan fingerprint density at radius 2 is 2.19 bits per heavy atom. The Hall–Kier alpha value is -1.49. The summed E-state index contributed by atoms with van der Waals surface area (Å²) in [5.74, 6) is 0.843. The van der Waals surface area contributed by atoms with Crippen LogP contribution < -0.4 is 10.6 Å². The van der Waals surface area contributed by atoms with Crippen LogP contribution in [0.5, 0.6) is 0 Å². The van der Waals surface area contributed by atoms with Gasteiger partial charge in [0.1, 0.15) is 0 Å². The van der Waals surface area contributed by atoms with Crippen LogP contribution in [0.25, 0.3) is 0 Å². The lowest BCUT2D eigenvalue weighted by Gasteiger charge is -2.59. The summed E-state index contributed by atoms with van der Waals surface area (Å²) in [6, 6.07) is 2.47. The topological polar surface area (TPSA) is 50.6 Å². The van der Waals surface area contributed by atoms with Crippen molar-refractivity contribution in [1.82, 2.24) is 15.2 Å². The quantitative estimate of drug-likeness (QED) is 0.658. The molecule has 0 aliphatic heterocycles. The minimum atomic E-state index is -0.0665. The third kappa shape index (κ3) is 2.93. The lowest BCUT2D eigenvalue weighted by atomic mass is 9.56. The number of hydrogen-bond donors (Lipinski definition) is 2. The van der Waals surface area contributed by atoms with Gasteiger partial charge in [-0.15, -0.1) is 0 Å². The number of rotatable bonds is 4. The normalized spacial score (nSPS) is 28.1. The van der Waals surface area contributed by atoms with Crippen molar-refractivity contribution in [2.45, 2.75) is 45.4 Å². The van der Waals surface area contributed by atoms with Gasteiger partial charge in [-0.2, -0.15) is 0 Å². The highest BCUT2D eigenvalue weighted by Crippen LogP contribution is 2.51. The van der Waals surface area contributed by atoms with Gasteiger partial charge in [-0.25, -0.2) is 0 Å². The van der Waals surface area contributed by atoms with Gasteiger partial charge in [0.15, 0.2) is 5.96 Å². The Labute approximate surface area is 127 Å². The van der Waals surface area contributed by atoms with Crippen LogP contribution in [0.1, 0.15) is 32.8 Å². The van der Waals surface area contributed by atoms with Crippen LogP contribution in [0.15, 0.2) is 23.5 Å². The first-order valence-corrected chi connectivity index (χ1v) is 7.45. The second-order valence-corrected chi connectivity index (χ2v) is 6.67. The first-order chi connectivity index (χ1) is 9.82. The van der Waals surface area contributed by atoms with Crippen LogP contribution in [-0.2, 0) is 18.3 Å². The molecule has 21 heavy (non-hydrogen) atoms. The molecule has 2 unspecified atom stereocenters. The third-order valence-corrected chi connectivity index (χ3v) is 5.17. The van der Waals surface area contributed by atoms with Gasteiger partial charge in [-0.3, -0.25) is 4.99 Å². The molecule has 1 fully saturated rings. The highest BCUT2D eigenvalue weighted by atomic mass is 16.5. The fourth-order valence-electron chi connectivity index (χ4n) is 2.93. The standard InChI is InChI=1S/C16H28N4O/c1-15(2)13(9-16(15,3)21-6)19-14(17-4)18-10-12-7-8-20(5)11-12/h7-8,11,13H,9-10H2,1-6H3,(H2,17,18,19). The Bertz CT molecular complexity index is 520. The molecule has 0 radical (unpaired) electrons. The van der Waals surface area contributed by atoms with E-state index >= 15 is 0 Å². The van der Waals surface area contributed by atoms with Crippen molar-refractivity contribution >= 4 is 5.96 Å². The molecular weight excluding hydrogens is 264 g/mol. The van der Waals surface area contributed by atoms with E-state index in [2.05, 4.69) is 48.7 Å². The molecule has 1 aromatic rings. The summed E-state index contributed by atoms with van der Waals surface area (Å²) in [5.41, 5.74) is 1.25. The third-order valence-electron chi connectivity index (χ3n) is 5.17. The zero-order chi connectivity index (χ0) is 15.7. The molecule has 2 rings (SSSR count). The van der Waals surface area contributed by atoms with E-state index in [1.54, 1.807) is 7.11 Å². The highest BCUT2D eigenvalue weighted by molar-refractivity contribution is 5.80. The average molecular weight is 292 g/mol. The molecule has 0 bridgehead atoms. The SMILES string of the molecule is CN=C(NCc1ccn(C)c1)NC1CC(C)(OC)C1(C)C. The maximum absolute atomic E-state index is 5.66. The van der Waals surface area contributed by atoms with E-state index in [1.807, 2.05) is 24.9 Å². The maximum atomic E-state index is 5.66. The summed E-state index contributed by atoms with van der Waals surface area (Å²) in [7, 11) is 5.63. The molecule has 0 saturated heterocycles. The second kappa shape index (κ2) is 5.72. The van der Waals surface area contributed by atoms with E-state index in [0.29, 0.717) is 6.04 Å². The fourth-order valence-corrected chi connectivity index (χ4v) is 2.93. The van der Waals surface area contributed by atoms with Crippen LogP contribution in [0.3, 0.4) is 0 Å². The largest absolute Gasteiger partial charge is 0.378 e. The summed E-state index contributed by atoms with van der Waals surface area (Å²) in [4.78, 5) is 4.32. The lowest BCUT2D eigenvalue weighted by Crippen LogP contribution is -2.69. The Morgan fingerprint density at radius 1 is 1.48 bits per heavy atom. The summed E-state index contributed by atoms with van der Waals surface area (Å²) >= 11 is 0. The van der Waals surface area contributed by atoms with Gasteiger partial charge in [0.2, 0.25) is 0 Å². The zero-order valence-corrected chi connectivity index (χ0v) is 14.0. The summed E-state index contributed by atoms with van der Waals surface area (Å²) < 4.78 is 7.71. The van der Waals surface area contributed by atoms with Gasteiger partial charge in [-0.1, -0.05) is 13.8 Å². The minimum Gasteiger partial charge on any atom is -0.378 e. The number of aliphatic imine (C=N–C) groups is 1. The summed E-state index contributed by atoms with van der Waals surface area (Å²) in [6.45, 7) is 7.42. The lowest BCUT2D eigenvalue weighted by molar-refractivity contribution is -0.176. The first kappa shape index (κ1) is 15.9. The number of hydrogen-bond acceptors (Lipinski definition) is 2. The molecule has 1 aliphatic carbocycles. The average Bonchev–Trinajstić information content (AvgIpc) is 2.87. The van der Waals surface area contributed by atoms with Crippen LogP contribution in [0.4, 0.5) is 0 Å². The number of methoxy groups -OCH3 is 1. The van der Waals surface area contributed by atoms with Crippen LogP contribution in [-0.4, -0.2) is 36.3 Å². The first-order valence-electron chi connectivity index (χ1n) is 7.45. The van der Waals surface area contributed by atoms with Crippen LogP contribution >= 0.6 is 0 Å². The Kier molecular flexibility index (Phi) is 4.33. The van der Waals surface area contributed by atoms with E-state index in [9.17, 15) is 0 Å². The number of nitrogens with zero attached hydrogens (tertiary/aromatic N) is 2. The molecule has 5 heteroatoms. The van der Waals surface area contributed by atoms with Gasteiger partial charge in [0.25, 0.3) is 0 Å². The van der Waals surface area contributed by atoms with E-state index < -0.39 is 0 Å². The van der Waals surface area contributed by atoms with Gasteiger partial charge in [0.05, 0.1) is 5.60 Å². The van der Waals surface area contributed by atoms with Gasteiger partial charge < -0.3 is 19.9 Å². The predicted octanol–water partition coefficient (Wildman–Crippen LogP) is 1.89. The number of aromatic nitrogens is 1. The summed E-state index contributed by atoms with van der Waals surface area (Å²) in [6.07, 6.45) is 5.14. The van der Waals surface area contributed by atoms with E-state index in [4.69, 9.17) is 4.74 Å². The number of nitrogens with one attached hydrogen (secondary N) is 2. The Balaban J connectivity index is 1.89. The number of guanidine groups is 1. The highest BCUT2D eigenvalue weighted by Gasteiger charge is 2.58. The fraction of sp³-hybridized carbons (Fsp3) is 0.688.